The van der Waals surface area contributed by atoms with Crippen molar-refractivity contribution >= 4 is 5.84 Å². The van der Waals surface area contributed by atoms with E-state index in [0.29, 0.717) is 0 Å². The van der Waals surface area contributed by atoms with Gasteiger partial charge in [0, 0.05) is 13.6 Å². The van der Waals surface area contributed by atoms with Gasteiger partial charge < -0.3 is 10.6 Å². The molecular formula is C12H25N3. The van der Waals surface area contributed by atoms with Crippen LogP contribution in [0.4, 0.5) is 0 Å². The van der Waals surface area contributed by atoms with Gasteiger partial charge in [0.05, 0.1) is 0 Å². The maximum absolute atomic E-state index is 4.12. The fourth-order valence-corrected chi connectivity index (χ4v) is 1.19. The van der Waals surface area contributed by atoms with Gasteiger partial charge in [-0.05, 0) is 38.4 Å². The topological polar surface area (TPSA) is 36.4 Å². The zero-order valence-corrected chi connectivity index (χ0v) is 10.5. The van der Waals surface area contributed by atoms with E-state index in [9.17, 15) is 0 Å². The Morgan fingerprint density at radius 1 is 1.33 bits per heavy atom. The van der Waals surface area contributed by atoms with Crippen LogP contribution in [-0.4, -0.2) is 32.5 Å². The van der Waals surface area contributed by atoms with Crippen molar-refractivity contribution in [3.8, 4) is 0 Å². The third kappa shape index (κ3) is 9.47. The fourth-order valence-electron chi connectivity index (χ4n) is 1.19. The molecule has 0 spiro atoms. The molecule has 15 heavy (non-hydrogen) atoms. The Labute approximate surface area is 94.1 Å². The molecule has 2 N–H and O–H groups in total. The number of hydrogen-bond donors (Lipinski definition) is 2. The van der Waals surface area contributed by atoms with Crippen LogP contribution in [0.2, 0.25) is 0 Å². The monoisotopic (exact) mass is 211 g/mol. The van der Waals surface area contributed by atoms with Crippen LogP contribution < -0.4 is 10.6 Å². The van der Waals surface area contributed by atoms with Crippen molar-refractivity contribution in [2.75, 3.05) is 26.7 Å². The second-order valence-electron chi connectivity index (χ2n) is 3.99. The molecule has 0 atom stereocenters. The highest BCUT2D eigenvalue weighted by Crippen LogP contribution is 1.87. The highest BCUT2D eigenvalue weighted by molar-refractivity contribution is 5.92. The third-order valence-electron chi connectivity index (χ3n) is 1.95. The normalized spacial score (nSPS) is 12.7. The van der Waals surface area contributed by atoms with E-state index in [1.807, 2.05) is 19.1 Å². The molecule has 0 aromatic heterocycles. The van der Waals surface area contributed by atoms with Crippen LogP contribution in [0.15, 0.2) is 17.1 Å². The molecule has 0 rings (SSSR count). The van der Waals surface area contributed by atoms with Crippen molar-refractivity contribution in [2.24, 2.45) is 10.9 Å². The van der Waals surface area contributed by atoms with Gasteiger partial charge in [-0.2, -0.15) is 0 Å². The maximum atomic E-state index is 4.12. The largest absolute Gasteiger partial charge is 0.370 e. The minimum atomic E-state index is 0.730. The number of nitrogens with zero attached hydrogens (tertiary/aromatic N) is 1. The summed E-state index contributed by atoms with van der Waals surface area (Å²) in [5, 5.41) is 6.69. The van der Waals surface area contributed by atoms with Crippen LogP contribution in [0.5, 0.6) is 0 Å². The third-order valence-corrected chi connectivity index (χ3v) is 1.95. The summed E-state index contributed by atoms with van der Waals surface area (Å²) >= 11 is 0. The molecule has 0 amide bonds. The number of rotatable bonds is 7. The first-order chi connectivity index (χ1) is 7.20. The lowest BCUT2D eigenvalue weighted by molar-refractivity contribution is 0.541. The second-order valence-corrected chi connectivity index (χ2v) is 3.99. The predicted molar refractivity (Wildman–Crippen MR) is 68.5 cm³/mol. The average Bonchev–Trinajstić information content (AvgIpc) is 2.21. The summed E-state index contributed by atoms with van der Waals surface area (Å²) in [6, 6.07) is 0. The van der Waals surface area contributed by atoms with Crippen molar-refractivity contribution in [3.05, 3.63) is 12.2 Å². The second kappa shape index (κ2) is 9.71. The quantitative estimate of drug-likeness (QED) is 0.383. The van der Waals surface area contributed by atoms with Crippen molar-refractivity contribution < 1.29 is 0 Å². The first-order valence-electron chi connectivity index (χ1n) is 5.74. The number of aliphatic imine (C=N–C) groups is 1. The Morgan fingerprint density at radius 2 is 2.07 bits per heavy atom. The summed E-state index contributed by atoms with van der Waals surface area (Å²) in [6.07, 6.45) is 5.11. The van der Waals surface area contributed by atoms with Gasteiger partial charge in [0.2, 0.25) is 0 Å². The molecule has 0 saturated carbocycles. The highest BCUT2D eigenvalue weighted by atomic mass is 15.0. The summed E-state index contributed by atoms with van der Waals surface area (Å²) in [5.74, 6) is 1.69. The van der Waals surface area contributed by atoms with Gasteiger partial charge in [0.15, 0.2) is 0 Å². The minimum absolute atomic E-state index is 0.730. The Hall–Kier alpha value is -0.830. The van der Waals surface area contributed by atoms with E-state index in [1.54, 1.807) is 7.05 Å². The van der Waals surface area contributed by atoms with E-state index in [-0.39, 0.29) is 0 Å². The van der Waals surface area contributed by atoms with Crippen molar-refractivity contribution in [2.45, 2.75) is 27.2 Å². The van der Waals surface area contributed by atoms with Crippen LogP contribution in [0.1, 0.15) is 27.2 Å². The van der Waals surface area contributed by atoms with E-state index >= 15 is 0 Å². The number of hydrogen-bond acceptors (Lipinski definition) is 2. The summed E-state index contributed by atoms with van der Waals surface area (Å²) < 4.78 is 0. The maximum Gasteiger partial charge on any atom is 0.120 e. The van der Waals surface area contributed by atoms with Crippen LogP contribution >= 0.6 is 0 Å². The van der Waals surface area contributed by atoms with E-state index in [0.717, 1.165) is 37.8 Å². The molecule has 0 aliphatic rings. The summed E-state index contributed by atoms with van der Waals surface area (Å²) in [7, 11) is 1.80. The Kier molecular flexibility index (Phi) is 9.18. The molecule has 0 bridgehead atoms. The van der Waals surface area contributed by atoms with Gasteiger partial charge in [-0.25, -0.2) is 0 Å². The molecule has 3 nitrogen and oxygen atoms in total. The zero-order chi connectivity index (χ0) is 11.5. The molecule has 0 heterocycles. The van der Waals surface area contributed by atoms with Crippen molar-refractivity contribution in [3.63, 3.8) is 0 Å². The molecule has 0 saturated heterocycles. The van der Waals surface area contributed by atoms with Crippen molar-refractivity contribution in [1.29, 1.82) is 0 Å². The summed E-state index contributed by atoms with van der Waals surface area (Å²) in [4.78, 5) is 4.12. The first-order valence-corrected chi connectivity index (χ1v) is 5.74. The lowest BCUT2D eigenvalue weighted by Crippen LogP contribution is -2.27. The molecule has 0 fully saturated rings. The molecule has 0 radical (unpaired) electrons. The van der Waals surface area contributed by atoms with Crippen molar-refractivity contribution in [1.82, 2.24) is 10.6 Å². The summed E-state index contributed by atoms with van der Waals surface area (Å²) in [5.41, 5.74) is 0. The lowest BCUT2D eigenvalue weighted by atomic mass is 10.2. The van der Waals surface area contributed by atoms with Crippen LogP contribution in [0.25, 0.3) is 0 Å². The van der Waals surface area contributed by atoms with Gasteiger partial charge in [-0.1, -0.05) is 19.9 Å². The van der Waals surface area contributed by atoms with Crippen LogP contribution in [0, 0.1) is 5.92 Å². The molecule has 0 aromatic carbocycles. The molecule has 0 aromatic rings. The van der Waals surface area contributed by atoms with Gasteiger partial charge in [0.25, 0.3) is 0 Å². The van der Waals surface area contributed by atoms with Gasteiger partial charge in [-0.3, -0.25) is 4.99 Å². The van der Waals surface area contributed by atoms with Gasteiger partial charge >= 0.3 is 0 Å². The molecule has 0 aliphatic heterocycles. The molecule has 0 unspecified atom stereocenters. The van der Waals surface area contributed by atoms with E-state index in [2.05, 4.69) is 29.5 Å². The van der Waals surface area contributed by atoms with Crippen LogP contribution in [-0.2, 0) is 0 Å². The minimum Gasteiger partial charge on any atom is -0.370 e. The molecule has 0 aliphatic carbocycles. The predicted octanol–water partition coefficient (Wildman–Crippen LogP) is 1.82. The fraction of sp³-hybridized carbons (Fsp3) is 0.750. The molecule has 88 valence electrons. The van der Waals surface area contributed by atoms with E-state index < -0.39 is 0 Å². The lowest BCUT2D eigenvalue weighted by Gasteiger charge is -2.08. The SMILES string of the molecule is CC=CC(=NC)NCCCNCC(C)C. The standard InChI is InChI=1S/C12H25N3/c1-5-7-12(13-4)15-9-6-8-14-10-11(2)3/h5,7,11,14H,6,8-10H2,1-4H3,(H,13,15). The zero-order valence-electron chi connectivity index (χ0n) is 10.5. The van der Waals surface area contributed by atoms with Gasteiger partial charge in [-0.15, -0.1) is 0 Å². The van der Waals surface area contributed by atoms with Crippen LogP contribution in [0.3, 0.4) is 0 Å². The molecule has 3 heteroatoms. The Morgan fingerprint density at radius 3 is 2.60 bits per heavy atom. The first kappa shape index (κ1) is 14.2. The average molecular weight is 211 g/mol. The number of nitrogens with one attached hydrogen (secondary N) is 2. The molecular weight excluding hydrogens is 186 g/mol. The smallest absolute Gasteiger partial charge is 0.120 e. The number of amidine groups is 1. The Bertz CT molecular complexity index is 195. The highest BCUT2D eigenvalue weighted by Gasteiger charge is 1.93. The summed E-state index contributed by atoms with van der Waals surface area (Å²) in [6.45, 7) is 9.58. The van der Waals surface area contributed by atoms with Gasteiger partial charge in [0.1, 0.15) is 5.84 Å². The van der Waals surface area contributed by atoms with E-state index in [4.69, 9.17) is 0 Å². The number of allylic oxidation sites excluding steroid dienone is 1. The van der Waals surface area contributed by atoms with E-state index in [1.165, 1.54) is 0 Å². The Balaban J connectivity index is 3.37.